The van der Waals surface area contributed by atoms with Gasteiger partial charge in [0.15, 0.2) is 0 Å². The molecule has 0 saturated carbocycles. The van der Waals surface area contributed by atoms with Crippen molar-refractivity contribution in [2.75, 3.05) is 0 Å². The maximum absolute atomic E-state index is 2.27. The molecule has 0 aliphatic heterocycles. The third-order valence-electron chi connectivity index (χ3n) is 0.666. The van der Waals surface area contributed by atoms with Gasteiger partial charge in [-0.1, -0.05) is 0 Å². The molecule has 0 amide bonds. The summed E-state index contributed by atoms with van der Waals surface area (Å²) in [4.78, 5) is 0. The normalized spacial score (nSPS) is 11.8. The Morgan fingerprint density at radius 1 is 0.889 bits per heavy atom. The zero-order chi connectivity index (χ0) is 7.28. The van der Waals surface area contributed by atoms with Crippen LogP contribution in [0.5, 0.6) is 0 Å². The van der Waals surface area contributed by atoms with E-state index in [0.717, 1.165) is 11.8 Å². The number of hydrogen-bond acceptors (Lipinski definition) is 0. The second-order valence-corrected chi connectivity index (χ2v) is 4.42. The Bertz CT molecular complexity index is 49.6. The molecule has 0 aliphatic carbocycles. The van der Waals surface area contributed by atoms with Crippen LogP contribution in [0.3, 0.4) is 0 Å². The Labute approximate surface area is 65.6 Å². The first kappa shape index (κ1) is 9.52. The third kappa shape index (κ3) is 8.52. The summed E-state index contributed by atoms with van der Waals surface area (Å²) >= 11 is 2.15. The summed E-state index contributed by atoms with van der Waals surface area (Å²) in [6.07, 6.45) is 0. The van der Waals surface area contributed by atoms with Crippen molar-refractivity contribution in [3.8, 4) is 0 Å². The Balaban J connectivity index is 2.91. The zero-order valence-electron chi connectivity index (χ0n) is 6.87. The van der Waals surface area contributed by atoms with E-state index >= 15 is 0 Å². The van der Waals surface area contributed by atoms with E-state index < -0.39 is 0 Å². The first-order valence-corrected chi connectivity index (χ1v) is 4.88. The summed E-state index contributed by atoms with van der Waals surface area (Å²) in [5.74, 6) is 1.70. The second-order valence-electron chi connectivity index (χ2n) is 3.18. The van der Waals surface area contributed by atoms with E-state index in [1.807, 2.05) is 0 Å². The minimum absolute atomic E-state index is 0.851. The van der Waals surface area contributed by atoms with Crippen LogP contribution in [-0.2, 0) is 15.0 Å². The zero-order valence-corrected chi connectivity index (χ0v) is 7.81. The summed E-state index contributed by atoms with van der Waals surface area (Å²) in [6, 6.07) is 0. The quantitative estimate of drug-likeness (QED) is 0.579. The van der Waals surface area contributed by atoms with Crippen LogP contribution in [0.2, 0.25) is 10.6 Å². The van der Waals surface area contributed by atoms with Crippen LogP contribution in [0.4, 0.5) is 0 Å². The molecule has 9 heavy (non-hydrogen) atoms. The van der Waals surface area contributed by atoms with Crippen molar-refractivity contribution < 1.29 is 15.0 Å². The summed E-state index contributed by atoms with van der Waals surface area (Å²) in [5.41, 5.74) is 0. The molecule has 0 spiro atoms. The van der Waals surface area contributed by atoms with Gasteiger partial charge in [-0.3, -0.25) is 0 Å². The standard InChI is InChI=1S/2C4H9.Cu/c2*1-4(2)3;/h2*4H,1H2,2-3H3;. The Kier molecular flexibility index (Phi) is 5.62. The third-order valence-corrected chi connectivity index (χ3v) is 2.75. The summed E-state index contributed by atoms with van der Waals surface area (Å²) in [6.45, 7) is 9.07. The van der Waals surface area contributed by atoms with Crippen molar-refractivity contribution >= 4 is 0 Å². The average molecular weight is 178 g/mol. The molecule has 0 aromatic rings. The number of rotatable bonds is 4. The Morgan fingerprint density at radius 2 is 1.22 bits per heavy atom. The Morgan fingerprint density at radius 3 is 1.44 bits per heavy atom. The van der Waals surface area contributed by atoms with Gasteiger partial charge in [-0.05, 0) is 0 Å². The second kappa shape index (κ2) is 5.32. The van der Waals surface area contributed by atoms with Gasteiger partial charge >= 0.3 is 65.1 Å². The van der Waals surface area contributed by atoms with Crippen LogP contribution in [0.25, 0.3) is 0 Å². The van der Waals surface area contributed by atoms with Crippen molar-refractivity contribution in [1.82, 2.24) is 0 Å². The molecular weight excluding hydrogens is 160 g/mol. The van der Waals surface area contributed by atoms with Crippen molar-refractivity contribution in [2.24, 2.45) is 11.8 Å². The minimum atomic E-state index is 0.851. The summed E-state index contributed by atoms with van der Waals surface area (Å²) < 4.78 is 0. The van der Waals surface area contributed by atoms with E-state index in [1.165, 1.54) is 10.6 Å². The van der Waals surface area contributed by atoms with Crippen LogP contribution in [0, 0.1) is 11.8 Å². The molecule has 0 aromatic heterocycles. The molecule has 0 atom stereocenters. The Hall–Kier alpha value is 0.519. The molecule has 0 aliphatic rings. The molecule has 0 saturated heterocycles. The fraction of sp³-hybridized carbons (Fsp3) is 1.00. The first-order valence-electron chi connectivity index (χ1n) is 3.55. The van der Waals surface area contributed by atoms with Gasteiger partial charge in [0.2, 0.25) is 0 Å². The van der Waals surface area contributed by atoms with Crippen LogP contribution in [-0.4, -0.2) is 0 Å². The van der Waals surface area contributed by atoms with Crippen molar-refractivity contribution in [1.29, 1.82) is 0 Å². The molecule has 0 aromatic carbocycles. The number of hydrogen-bond donors (Lipinski definition) is 0. The monoisotopic (exact) mass is 177 g/mol. The van der Waals surface area contributed by atoms with E-state index in [9.17, 15) is 0 Å². The average Bonchev–Trinajstić information content (AvgIpc) is 1.63. The van der Waals surface area contributed by atoms with Gasteiger partial charge in [-0.15, -0.1) is 0 Å². The maximum atomic E-state index is 2.27. The fourth-order valence-electron chi connectivity index (χ4n) is 0.398. The van der Waals surface area contributed by atoms with E-state index in [0.29, 0.717) is 0 Å². The van der Waals surface area contributed by atoms with Crippen molar-refractivity contribution in [3.63, 3.8) is 0 Å². The van der Waals surface area contributed by atoms with Gasteiger partial charge in [-0.25, -0.2) is 0 Å². The molecular formula is C8H18Cu. The molecule has 0 radical (unpaired) electrons. The molecule has 0 N–H and O–H groups in total. The fourth-order valence-corrected chi connectivity index (χ4v) is 1.64. The molecule has 0 fully saturated rings. The molecule has 0 nitrogen and oxygen atoms in total. The van der Waals surface area contributed by atoms with Crippen LogP contribution < -0.4 is 0 Å². The van der Waals surface area contributed by atoms with Crippen molar-refractivity contribution in [3.05, 3.63) is 0 Å². The van der Waals surface area contributed by atoms with Gasteiger partial charge < -0.3 is 0 Å². The van der Waals surface area contributed by atoms with Gasteiger partial charge in [0, 0.05) is 0 Å². The predicted molar refractivity (Wildman–Crippen MR) is 39.3 cm³/mol. The molecule has 0 bridgehead atoms. The van der Waals surface area contributed by atoms with Crippen molar-refractivity contribution in [2.45, 2.75) is 38.3 Å². The van der Waals surface area contributed by atoms with E-state index in [2.05, 4.69) is 42.7 Å². The topological polar surface area (TPSA) is 0 Å². The van der Waals surface area contributed by atoms with Gasteiger partial charge in [-0.2, -0.15) is 0 Å². The molecule has 61 valence electrons. The van der Waals surface area contributed by atoms with Crippen LogP contribution in [0.1, 0.15) is 27.7 Å². The molecule has 0 rings (SSSR count). The van der Waals surface area contributed by atoms with E-state index in [1.54, 1.807) is 0 Å². The molecule has 1 heteroatoms. The van der Waals surface area contributed by atoms with Gasteiger partial charge in [0.1, 0.15) is 0 Å². The van der Waals surface area contributed by atoms with Gasteiger partial charge in [0.25, 0.3) is 0 Å². The SMILES string of the molecule is CC(C)[CH2][Cu][CH2]C(C)C. The summed E-state index contributed by atoms with van der Waals surface area (Å²) in [5, 5.41) is 2.61. The summed E-state index contributed by atoms with van der Waals surface area (Å²) in [7, 11) is 0. The first-order chi connectivity index (χ1) is 4.13. The van der Waals surface area contributed by atoms with E-state index in [-0.39, 0.29) is 0 Å². The molecule has 0 unspecified atom stereocenters. The van der Waals surface area contributed by atoms with Crippen LogP contribution >= 0.6 is 0 Å². The van der Waals surface area contributed by atoms with Gasteiger partial charge in [0.05, 0.1) is 0 Å². The van der Waals surface area contributed by atoms with E-state index in [4.69, 9.17) is 0 Å². The molecule has 0 heterocycles. The predicted octanol–water partition coefficient (Wildman–Crippen LogP) is 3.22. The van der Waals surface area contributed by atoms with Crippen LogP contribution in [0.15, 0.2) is 0 Å².